The van der Waals surface area contributed by atoms with Crippen LogP contribution in [-0.2, 0) is 4.74 Å². The van der Waals surface area contributed by atoms with Gasteiger partial charge in [-0.05, 0) is 43.9 Å². The highest BCUT2D eigenvalue weighted by Gasteiger charge is 2.42. The molecule has 2 bridgehead atoms. The quantitative estimate of drug-likeness (QED) is 0.491. The summed E-state index contributed by atoms with van der Waals surface area (Å²) < 4.78 is 5.57. The average molecular weight is 192 g/mol. The van der Waals surface area contributed by atoms with Gasteiger partial charge in [0, 0.05) is 0 Å². The number of hydrogen-bond donors (Lipinski definition) is 0. The summed E-state index contributed by atoms with van der Waals surface area (Å²) in [6.45, 7) is 7.49. The van der Waals surface area contributed by atoms with E-state index in [1.165, 1.54) is 19.3 Å². The molecule has 2 aliphatic rings. The van der Waals surface area contributed by atoms with E-state index in [4.69, 9.17) is 4.74 Å². The van der Waals surface area contributed by atoms with Crippen molar-refractivity contribution >= 4 is 0 Å². The zero-order valence-corrected chi connectivity index (χ0v) is 9.04. The van der Waals surface area contributed by atoms with Gasteiger partial charge in [-0.3, -0.25) is 0 Å². The Morgan fingerprint density at radius 3 is 3.00 bits per heavy atom. The van der Waals surface area contributed by atoms with Gasteiger partial charge in [0.25, 0.3) is 0 Å². The molecule has 2 rings (SSSR count). The normalized spacial score (nSPS) is 38.1. The zero-order valence-electron chi connectivity index (χ0n) is 9.04. The molecule has 2 saturated carbocycles. The van der Waals surface area contributed by atoms with E-state index in [9.17, 15) is 0 Å². The first kappa shape index (κ1) is 9.97. The van der Waals surface area contributed by atoms with Gasteiger partial charge in [0.15, 0.2) is 0 Å². The maximum atomic E-state index is 5.57. The van der Waals surface area contributed by atoms with Gasteiger partial charge >= 0.3 is 0 Å². The van der Waals surface area contributed by atoms with E-state index in [2.05, 4.69) is 19.6 Å². The first-order valence-electron chi connectivity index (χ1n) is 5.68. The molecular formula is C13H20O. The maximum absolute atomic E-state index is 5.57. The first-order valence-corrected chi connectivity index (χ1v) is 5.68. The van der Waals surface area contributed by atoms with Crippen molar-refractivity contribution in [3.8, 4) is 0 Å². The van der Waals surface area contributed by atoms with Gasteiger partial charge in [-0.25, -0.2) is 0 Å². The van der Waals surface area contributed by atoms with E-state index in [1.807, 2.05) is 6.08 Å². The lowest BCUT2D eigenvalue weighted by Gasteiger charge is -2.23. The molecule has 0 heterocycles. The van der Waals surface area contributed by atoms with Crippen molar-refractivity contribution in [2.75, 3.05) is 13.2 Å². The molecule has 2 fully saturated rings. The Kier molecular flexibility index (Phi) is 3.07. The Morgan fingerprint density at radius 2 is 2.36 bits per heavy atom. The van der Waals surface area contributed by atoms with Crippen LogP contribution in [0.1, 0.15) is 26.2 Å². The van der Waals surface area contributed by atoms with Crippen LogP contribution >= 0.6 is 0 Å². The van der Waals surface area contributed by atoms with Crippen molar-refractivity contribution in [3.05, 3.63) is 24.3 Å². The number of ether oxygens (including phenoxy) is 1. The lowest BCUT2D eigenvalue weighted by Crippen LogP contribution is -2.18. The maximum Gasteiger partial charge on any atom is 0.0644 e. The third-order valence-electron chi connectivity index (χ3n) is 3.73. The molecule has 2 aliphatic carbocycles. The molecular weight excluding hydrogens is 172 g/mol. The topological polar surface area (TPSA) is 9.23 Å². The highest BCUT2D eigenvalue weighted by atomic mass is 16.5. The number of hydrogen-bond acceptors (Lipinski definition) is 1. The molecule has 0 amide bonds. The summed E-state index contributed by atoms with van der Waals surface area (Å²) in [4.78, 5) is 0. The van der Waals surface area contributed by atoms with Crippen LogP contribution < -0.4 is 0 Å². The van der Waals surface area contributed by atoms with Crippen LogP contribution in [0.4, 0.5) is 0 Å². The van der Waals surface area contributed by atoms with Crippen molar-refractivity contribution in [2.24, 2.45) is 17.8 Å². The Balaban J connectivity index is 1.87. The summed E-state index contributed by atoms with van der Waals surface area (Å²) in [5.41, 5.74) is 1.69. The fraction of sp³-hybridized carbons (Fsp3) is 0.692. The first-order chi connectivity index (χ1) is 6.85. The Hall–Kier alpha value is -0.560. The lowest BCUT2D eigenvalue weighted by atomic mass is 9.85. The molecule has 0 aliphatic heterocycles. The molecule has 78 valence electrons. The van der Waals surface area contributed by atoms with Crippen LogP contribution in [0.15, 0.2) is 24.3 Å². The second kappa shape index (κ2) is 4.31. The summed E-state index contributed by atoms with van der Waals surface area (Å²) in [7, 11) is 0. The van der Waals surface area contributed by atoms with Crippen LogP contribution in [0.5, 0.6) is 0 Å². The van der Waals surface area contributed by atoms with Crippen molar-refractivity contribution in [3.63, 3.8) is 0 Å². The average Bonchev–Trinajstić information content (AvgIpc) is 2.76. The van der Waals surface area contributed by atoms with Crippen molar-refractivity contribution in [2.45, 2.75) is 26.2 Å². The molecule has 0 saturated heterocycles. The minimum Gasteiger partial charge on any atom is -0.377 e. The third kappa shape index (κ3) is 1.78. The van der Waals surface area contributed by atoms with Crippen molar-refractivity contribution in [1.29, 1.82) is 0 Å². The molecule has 3 atom stereocenters. The predicted octanol–water partition coefficient (Wildman–Crippen LogP) is 3.18. The molecule has 0 aromatic heterocycles. The van der Waals surface area contributed by atoms with E-state index < -0.39 is 0 Å². The Morgan fingerprint density at radius 1 is 1.50 bits per heavy atom. The second-order valence-electron chi connectivity index (χ2n) is 4.60. The fourth-order valence-electron chi connectivity index (χ4n) is 3.16. The molecule has 0 radical (unpaired) electrons. The van der Waals surface area contributed by atoms with Gasteiger partial charge in [-0.2, -0.15) is 0 Å². The van der Waals surface area contributed by atoms with E-state index in [0.717, 1.165) is 24.4 Å². The smallest absolute Gasteiger partial charge is 0.0644 e. The summed E-state index contributed by atoms with van der Waals surface area (Å²) >= 11 is 0. The second-order valence-corrected chi connectivity index (χ2v) is 4.60. The van der Waals surface area contributed by atoms with Gasteiger partial charge in [-0.15, -0.1) is 6.58 Å². The molecule has 14 heavy (non-hydrogen) atoms. The third-order valence-corrected chi connectivity index (χ3v) is 3.73. The van der Waals surface area contributed by atoms with E-state index >= 15 is 0 Å². The number of allylic oxidation sites excluding steroid dienone is 2. The van der Waals surface area contributed by atoms with Crippen LogP contribution in [-0.4, -0.2) is 13.2 Å². The molecule has 0 aromatic rings. The Labute approximate surface area is 86.8 Å². The van der Waals surface area contributed by atoms with Crippen molar-refractivity contribution < 1.29 is 4.74 Å². The summed E-state index contributed by atoms with van der Waals surface area (Å²) in [5, 5.41) is 0. The minimum absolute atomic E-state index is 0.707. The van der Waals surface area contributed by atoms with E-state index in [-0.39, 0.29) is 0 Å². The van der Waals surface area contributed by atoms with E-state index in [0.29, 0.717) is 6.61 Å². The Bertz CT molecular complexity index is 242. The molecule has 1 heteroatoms. The lowest BCUT2D eigenvalue weighted by molar-refractivity contribution is 0.108. The summed E-state index contributed by atoms with van der Waals surface area (Å²) in [5.74, 6) is 2.60. The van der Waals surface area contributed by atoms with Gasteiger partial charge in [0.1, 0.15) is 0 Å². The SMILES string of the molecule is C=CCOCC1CC2CC(=CC)C1C2. The predicted molar refractivity (Wildman–Crippen MR) is 59.1 cm³/mol. The number of fused-ring (bicyclic) bond motifs is 2. The highest BCUT2D eigenvalue weighted by Crippen LogP contribution is 2.51. The fourth-order valence-corrected chi connectivity index (χ4v) is 3.16. The van der Waals surface area contributed by atoms with Gasteiger partial charge in [0.05, 0.1) is 13.2 Å². The molecule has 1 nitrogen and oxygen atoms in total. The van der Waals surface area contributed by atoms with Crippen LogP contribution in [0.3, 0.4) is 0 Å². The molecule has 0 N–H and O–H groups in total. The van der Waals surface area contributed by atoms with Crippen LogP contribution in [0, 0.1) is 17.8 Å². The largest absolute Gasteiger partial charge is 0.377 e. The summed E-state index contributed by atoms with van der Waals surface area (Å²) in [6.07, 6.45) is 8.33. The standard InChI is InChI=1S/C13H20O/c1-3-5-14-9-12-7-10-6-11(4-2)13(12)8-10/h3-4,10,12-13H,1,5-9H2,2H3. The minimum atomic E-state index is 0.707. The van der Waals surface area contributed by atoms with Gasteiger partial charge < -0.3 is 4.74 Å². The monoisotopic (exact) mass is 192 g/mol. The molecule has 3 unspecified atom stereocenters. The van der Waals surface area contributed by atoms with Crippen LogP contribution in [0.2, 0.25) is 0 Å². The van der Waals surface area contributed by atoms with Gasteiger partial charge in [-0.1, -0.05) is 17.7 Å². The van der Waals surface area contributed by atoms with Crippen LogP contribution in [0.25, 0.3) is 0 Å². The summed E-state index contributed by atoms with van der Waals surface area (Å²) in [6, 6.07) is 0. The van der Waals surface area contributed by atoms with E-state index in [1.54, 1.807) is 5.57 Å². The van der Waals surface area contributed by atoms with Crippen molar-refractivity contribution in [1.82, 2.24) is 0 Å². The number of rotatable bonds is 4. The highest BCUT2D eigenvalue weighted by molar-refractivity contribution is 5.18. The zero-order chi connectivity index (χ0) is 9.97. The molecule has 0 spiro atoms. The van der Waals surface area contributed by atoms with Gasteiger partial charge in [0.2, 0.25) is 0 Å². The molecule has 0 aromatic carbocycles.